The fourth-order valence-electron chi connectivity index (χ4n) is 3.56. The van der Waals surface area contributed by atoms with E-state index >= 15 is 0 Å². The van der Waals surface area contributed by atoms with Crippen molar-refractivity contribution in [3.8, 4) is 0 Å². The van der Waals surface area contributed by atoms with E-state index in [1.54, 1.807) is 0 Å². The fraction of sp³-hybridized carbons (Fsp3) is 0.688. The summed E-state index contributed by atoms with van der Waals surface area (Å²) in [6, 6.07) is 5.52. The van der Waals surface area contributed by atoms with Crippen LogP contribution in [0, 0.1) is 0 Å². The van der Waals surface area contributed by atoms with Gasteiger partial charge in [0, 0.05) is 17.5 Å². The molecule has 1 aromatic rings. The van der Waals surface area contributed by atoms with Gasteiger partial charge < -0.3 is 5.32 Å². The minimum Gasteiger partial charge on any atom is -0.305 e. The number of pyridine rings is 1. The second-order valence-corrected chi connectivity index (χ2v) is 7.21. The first-order valence-electron chi connectivity index (χ1n) is 7.70. The van der Waals surface area contributed by atoms with Gasteiger partial charge in [0.1, 0.15) is 0 Å². The summed E-state index contributed by atoms with van der Waals surface area (Å²) in [7, 11) is 0. The van der Waals surface area contributed by atoms with Gasteiger partial charge in [0.2, 0.25) is 0 Å². The third-order valence-corrected chi connectivity index (χ3v) is 5.77. The predicted molar refractivity (Wildman–Crippen MR) is 82.6 cm³/mol. The molecule has 1 heterocycles. The Hall–Kier alpha value is -0.540. The van der Waals surface area contributed by atoms with Crippen LogP contribution in [0.5, 0.6) is 0 Å². The van der Waals surface area contributed by atoms with Crippen molar-refractivity contribution in [2.75, 3.05) is 5.75 Å². The summed E-state index contributed by atoms with van der Waals surface area (Å²) in [5.74, 6) is 1.24. The molecule has 3 unspecified atom stereocenters. The number of thioether (sulfide) groups is 1. The highest BCUT2D eigenvalue weighted by atomic mass is 32.2. The maximum atomic E-state index is 4.64. The number of hydrogen-bond acceptors (Lipinski definition) is 3. The van der Waals surface area contributed by atoms with Crippen molar-refractivity contribution in [3.05, 3.63) is 29.6 Å². The van der Waals surface area contributed by atoms with E-state index in [0.717, 1.165) is 5.25 Å². The Morgan fingerprint density at radius 3 is 3.16 bits per heavy atom. The number of aromatic nitrogens is 1. The molecule has 0 radical (unpaired) electrons. The zero-order valence-electron chi connectivity index (χ0n) is 11.8. The minimum atomic E-state index is 0.494. The van der Waals surface area contributed by atoms with Gasteiger partial charge in [0.15, 0.2) is 0 Å². The summed E-state index contributed by atoms with van der Waals surface area (Å²) in [4.78, 5) is 4.64. The summed E-state index contributed by atoms with van der Waals surface area (Å²) >= 11 is 2.13. The summed E-state index contributed by atoms with van der Waals surface area (Å²) < 4.78 is 0. The molecular weight excluding hydrogens is 252 g/mol. The second-order valence-electron chi connectivity index (χ2n) is 5.69. The number of rotatable bonds is 4. The maximum absolute atomic E-state index is 4.64. The van der Waals surface area contributed by atoms with E-state index in [2.05, 4.69) is 41.1 Å². The Bertz CT molecular complexity index is 421. The first-order chi connectivity index (χ1) is 9.38. The number of nitrogens with one attached hydrogen (secondary N) is 1. The van der Waals surface area contributed by atoms with Gasteiger partial charge in [-0.2, -0.15) is 11.8 Å². The van der Waals surface area contributed by atoms with E-state index in [1.165, 1.54) is 55.5 Å². The monoisotopic (exact) mass is 276 g/mol. The number of fused-ring (bicyclic) bond motifs is 1. The standard InChI is InChI=1S/C16H24N2S/c1-2-19-15-10-4-8-13(15)18-14-9-3-6-12-7-5-11-17-16(12)14/h5,7,11,13-15,18H,2-4,6,8-10H2,1H3. The smallest absolute Gasteiger partial charge is 0.0605 e. The molecule has 0 spiro atoms. The van der Waals surface area contributed by atoms with E-state index < -0.39 is 0 Å². The van der Waals surface area contributed by atoms with Gasteiger partial charge in [0.05, 0.1) is 11.7 Å². The summed E-state index contributed by atoms with van der Waals surface area (Å²) in [6.45, 7) is 2.28. The van der Waals surface area contributed by atoms with Gasteiger partial charge in [-0.1, -0.05) is 19.4 Å². The van der Waals surface area contributed by atoms with Crippen LogP contribution in [-0.2, 0) is 6.42 Å². The van der Waals surface area contributed by atoms with Crippen molar-refractivity contribution in [2.24, 2.45) is 0 Å². The normalized spacial score (nSPS) is 30.3. The van der Waals surface area contributed by atoms with E-state index in [-0.39, 0.29) is 0 Å². The Balaban J connectivity index is 1.70. The van der Waals surface area contributed by atoms with Crippen molar-refractivity contribution in [2.45, 2.75) is 62.8 Å². The molecule has 2 aliphatic rings. The lowest BCUT2D eigenvalue weighted by atomic mass is 9.91. The zero-order valence-corrected chi connectivity index (χ0v) is 12.6. The van der Waals surface area contributed by atoms with Crippen LogP contribution in [0.3, 0.4) is 0 Å². The molecular formula is C16H24N2S. The molecule has 0 bridgehead atoms. The third-order valence-electron chi connectivity index (χ3n) is 4.44. The van der Waals surface area contributed by atoms with E-state index in [9.17, 15) is 0 Å². The van der Waals surface area contributed by atoms with Gasteiger partial charge in [-0.15, -0.1) is 0 Å². The topological polar surface area (TPSA) is 24.9 Å². The lowest BCUT2D eigenvalue weighted by Gasteiger charge is -2.30. The summed E-state index contributed by atoms with van der Waals surface area (Å²) in [5.41, 5.74) is 2.78. The lowest BCUT2D eigenvalue weighted by molar-refractivity contribution is 0.393. The summed E-state index contributed by atoms with van der Waals surface area (Å²) in [5, 5.41) is 4.74. The van der Waals surface area contributed by atoms with E-state index in [0.29, 0.717) is 12.1 Å². The molecule has 0 aliphatic heterocycles. The first-order valence-corrected chi connectivity index (χ1v) is 8.75. The molecule has 1 N–H and O–H groups in total. The van der Waals surface area contributed by atoms with E-state index in [1.807, 2.05) is 6.20 Å². The van der Waals surface area contributed by atoms with Crippen LogP contribution in [0.2, 0.25) is 0 Å². The minimum absolute atomic E-state index is 0.494. The number of hydrogen-bond donors (Lipinski definition) is 1. The molecule has 104 valence electrons. The SMILES string of the molecule is CCSC1CCCC1NC1CCCc2cccnc21. The molecule has 2 aliphatic carbocycles. The average molecular weight is 276 g/mol. The molecule has 0 amide bonds. The van der Waals surface area contributed by atoms with E-state index in [4.69, 9.17) is 0 Å². The quantitative estimate of drug-likeness (QED) is 0.907. The highest BCUT2D eigenvalue weighted by Gasteiger charge is 2.31. The van der Waals surface area contributed by atoms with Gasteiger partial charge in [-0.05, 0) is 49.5 Å². The van der Waals surface area contributed by atoms with Crippen LogP contribution in [0.15, 0.2) is 18.3 Å². The lowest BCUT2D eigenvalue weighted by Crippen LogP contribution is -2.38. The van der Waals surface area contributed by atoms with Crippen molar-refractivity contribution < 1.29 is 0 Å². The average Bonchev–Trinajstić information content (AvgIpc) is 2.87. The largest absolute Gasteiger partial charge is 0.305 e. The molecule has 0 saturated heterocycles. The van der Waals surface area contributed by atoms with Gasteiger partial charge in [-0.25, -0.2) is 0 Å². The molecule has 3 atom stereocenters. The van der Waals surface area contributed by atoms with Crippen molar-refractivity contribution >= 4 is 11.8 Å². The van der Waals surface area contributed by atoms with Gasteiger partial charge >= 0.3 is 0 Å². The fourth-order valence-corrected chi connectivity index (χ4v) is 4.77. The molecule has 2 nitrogen and oxygen atoms in total. The van der Waals surface area contributed by atoms with Crippen LogP contribution in [0.4, 0.5) is 0 Å². The highest BCUT2D eigenvalue weighted by Crippen LogP contribution is 2.34. The molecule has 1 saturated carbocycles. The number of nitrogens with zero attached hydrogens (tertiary/aromatic N) is 1. The van der Waals surface area contributed by atoms with Crippen LogP contribution in [-0.4, -0.2) is 22.0 Å². The second kappa shape index (κ2) is 6.27. The first kappa shape index (κ1) is 13.4. The third kappa shape index (κ3) is 2.97. The molecule has 19 heavy (non-hydrogen) atoms. The van der Waals surface area contributed by atoms with Crippen LogP contribution < -0.4 is 5.32 Å². The molecule has 1 aromatic heterocycles. The van der Waals surface area contributed by atoms with Gasteiger partial charge in [0.25, 0.3) is 0 Å². The summed E-state index contributed by atoms with van der Waals surface area (Å²) in [6.07, 6.45) is 9.83. The Morgan fingerprint density at radius 1 is 1.32 bits per heavy atom. The molecule has 3 heteroatoms. The number of aryl methyl sites for hydroxylation is 1. The maximum Gasteiger partial charge on any atom is 0.0605 e. The zero-order chi connectivity index (χ0) is 13.1. The molecule has 3 rings (SSSR count). The van der Waals surface area contributed by atoms with Crippen LogP contribution in [0.25, 0.3) is 0 Å². The molecule has 1 fully saturated rings. The van der Waals surface area contributed by atoms with Crippen LogP contribution >= 0.6 is 11.8 Å². The van der Waals surface area contributed by atoms with Gasteiger partial charge in [-0.3, -0.25) is 4.98 Å². The Morgan fingerprint density at radius 2 is 2.26 bits per heavy atom. The Labute approximate surface area is 120 Å². The Kier molecular flexibility index (Phi) is 4.44. The van der Waals surface area contributed by atoms with Crippen molar-refractivity contribution in [1.82, 2.24) is 10.3 Å². The highest BCUT2D eigenvalue weighted by molar-refractivity contribution is 7.99. The van der Waals surface area contributed by atoms with Crippen LogP contribution in [0.1, 0.15) is 56.3 Å². The van der Waals surface area contributed by atoms with Crippen molar-refractivity contribution in [1.29, 1.82) is 0 Å². The predicted octanol–water partition coefficient (Wildman–Crippen LogP) is 3.72. The van der Waals surface area contributed by atoms with Crippen molar-refractivity contribution in [3.63, 3.8) is 0 Å². The molecule has 0 aromatic carbocycles.